The van der Waals surface area contributed by atoms with Gasteiger partial charge in [0.25, 0.3) is 0 Å². The molecule has 1 aliphatic heterocycles. The molecule has 0 amide bonds. The molecule has 0 radical (unpaired) electrons. The molecular weight excluding hydrogens is 377 g/mol. The fourth-order valence-electron chi connectivity index (χ4n) is 4.32. The lowest BCUT2D eigenvalue weighted by molar-refractivity contribution is 0.0404. The van der Waals surface area contributed by atoms with Crippen LogP contribution in [0.25, 0.3) is 0 Å². The van der Waals surface area contributed by atoms with Crippen LogP contribution >= 0.6 is 0 Å². The van der Waals surface area contributed by atoms with Crippen molar-refractivity contribution in [1.82, 2.24) is 5.01 Å². The van der Waals surface area contributed by atoms with Gasteiger partial charge in [-0.05, 0) is 42.4 Å². The van der Waals surface area contributed by atoms with E-state index in [4.69, 9.17) is 10.6 Å². The summed E-state index contributed by atoms with van der Waals surface area (Å²) in [5, 5.41) is 1.65. The second-order valence-corrected chi connectivity index (χ2v) is 7.83. The lowest BCUT2D eigenvalue weighted by Crippen LogP contribution is -2.44. The van der Waals surface area contributed by atoms with Gasteiger partial charge in [0.2, 0.25) is 5.82 Å². The lowest BCUT2D eigenvalue weighted by atomic mass is 9.79. The number of rotatable bonds is 6. The highest BCUT2D eigenvalue weighted by Crippen LogP contribution is 2.47. The smallest absolute Gasteiger partial charge is 0.201 e. The summed E-state index contributed by atoms with van der Waals surface area (Å²) in [5.74, 6) is 3.06. The summed E-state index contributed by atoms with van der Waals surface area (Å²) >= 11 is 0. The van der Waals surface area contributed by atoms with Crippen molar-refractivity contribution in [1.29, 1.82) is 0 Å². The third-order valence-electron chi connectivity index (χ3n) is 6.10. The van der Waals surface area contributed by atoms with Gasteiger partial charge in [-0.25, -0.2) is 13.8 Å². The number of hydrazine groups is 1. The zero-order valence-corrected chi connectivity index (χ0v) is 17.2. The lowest BCUT2D eigenvalue weighted by Gasteiger charge is -2.40. The number of hydrogen-bond donors (Lipinski definition) is 1. The fraction of sp³-hybridized carbons (Fsp3) is 0.478. The van der Waals surface area contributed by atoms with Crippen LogP contribution in [-0.2, 0) is 0 Å². The molecule has 29 heavy (non-hydrogen) atoms. The van der Waals surface area contributed by atoms with Gasteiger partial charge in [-0.2, -0.15) is 4.39 Å². The minimum absolute atomic E-state index is 0.0583. The second-order valence-electron chi connectivity index (χ2n) is 7.83. The van der Waals surface area contributed by atoms with E-state index in [2.05, 4.69) is 0 Å². The summed E-state index contributed by atoms with van der Waals surface area (Å²) in [6.45, 7) is 4.34. The zero-order chi connectivity index (χ0) is 21.1. The largest absolute Gasteiger partial charge is 0.493 e. The minimum atomic E-state index is -1.54. The molecule has 1 heterocycles. The van der Waals surface area contributed by atoms with Crippen LogP contribution in [0.4, 0.5) is 13.2 Å². The summed E-state index contributed by atoms with van der Waals surface area (Å²) in [7, 11) is 1.24. The molecule has 0 saturated carbocycles. The monoisotopic (exact) mass is 406 g/mol. The van der Waals surface area contributed by atoms with Crippen LogP contribution in [0.1, 0.15) is 67.9 Å². The molecule has 2 aromatic rings. The van der Waals surface area contributed by atoms with Crippen LogP contribution in [0.5, 0.6) is 5.75 Å². The Hall–Kier alpha value is -2.05. The van der Waals surface area contributed by atoms with Crippen LogP contribution < -0.4 is 10.6 Å². The normalized spacial score (nSPS) is 22.3. The SMILES string of the molecule is CCC(C)c1cc(C(F)C2CCCN(N)C2c2ccccc2)c(OC)c(F)c1F. The van der Waals surface area contributed by atoms with Gasteiger partial charge < -0.3 is 4.74 Å². The van der Waals surface area contributed by atoms with Crippen LogP contribution in [0.3, 0.4) is 0 Å². The second kappa shape index (κ2) is 9.18. The van der Waals surface area contributed by atoms with Crippen LogP contribution in [-0.4, -0.2) is 18.7 Å². The molecule has 0 aromatic heterocycles. The van der Waals surface area contributed by atoms with E-state index in [0.29, 0.717) is 19.4 Å². The number of nitrogens with zero attached hydrogens (tertiary/aromatic N) is 1. The molecule has 2 aromatic carbocycles. The quantitative estimate of drug-likeness (QED) is 0.614. The molecule has 4 unspecified atom stereocenters. The van der Waals surface area contributed by atoms with Crippen LogP contribution in [0.2, 0.25) is 0 Å². The Bertz CT molecular complexity index is 831. The van der Waals surface area contributed by atoms with Crippen molar-refractivity contribution in [2.75, 3.05) is 13.7 Å². The fourth-order valence-corrected chi connectivity index (χ4v) is 4.32. The Labute approximate surface area is 170 Å². The molecule has 158 valence electrons. The van der Waals surface area contributed by atoms with Gasteiger partial charge in [-0.3, -0.25) is 5.84 Å². The van der Waals surface area contributed by atoms with Gasteiger partial charge in [0.05, 0.1) is 13.2 Å². The Balaban J connectivity index is 2.08. The van der Waals surface area contributed by atoms with Gasteiger partial charge in [0.1, 0.15) is 6.17 Å². The number of ether oxygens (including phenoxy) is 1. The van der Waals surface area contributed by atoms with E-state index in [1.807, 2.05) is 37.3 Å². The molecule has 2 N–H and O–H groups in total. The molecule has 0 bridgehead atoms. The Morgan fingerprint density at radius 1 is 1.17 bits per heavy atom. The maximum absolute atomic E-state index is 16.0. The first kappa shape index (κ1) is 21.7. The predicted octanol–water partition coefficient (Wildman–Crippen LogP) is 5.82. The number of hydrogen-bond acceptors (Lipinski definition) is 3. The van der Waals surface area contributed by atoms with E-state index in [1.54, 1.807) is 11.9 Å². The van der Waals surface area contributed by atoms with Gasteiger partial charge >= 0.3 is 0 Å². The highest BCUT2D eigenvalue weighted by molar-refractivity contribution is 5.43. The number of halogens is 3. The Kier molecular flexibility index (Phi) is 6.85. The number of piperidine rings is 1. The van der Waals surface area contributed by atoms with Gasteiger partial charge in [-0.1, -0.05) is 44.2 Å². The number of benzene rings is 2. The molecular formula is C23H29F3N2O. The van der Waals surface area contributed by atoms with Gasteiger partial charge in [0.15, 0.2) is 11.6 Å². The van der Waals surface area contributed by atoms with Crippen molar-refractivity contribution in [2.24, 2.45) is 11.8 Å². The number of methoxy groups -OCH3 is 1. The summed E-state index contributed by atoms with van der Waals surface area (Å²) in [6.07, 6.45) is 0.398. The van der Waals surface area contributed by atoms with Crippen LogP contribution in [0, 0.1) is 17.6 Å². The maximum Gasteiger partial charge on any atom is 0.201 e. The van der Waals surface area contributed by atoms with E-state index in [9.17, 15) is 8.78 Å². The molecule has 1 fully saturated rings. The first-order valence-electron chi connectivity index (χ1n) is 10.2. The zero-order valence-electron chi connectivity index (χ0n) is 17.2. The first-order chi connectivity index (χ1) is 13.9. The van der Waals surface area contributed by atoms with Crippen molar-refractivity contribution >= 4 is 0 Å². The number of alkyl halides is 1. The average molecular weight is 406 g/mol. The van der Waals surface area contributed by atoms with E-state index < -0.39 is 23.7 Å². The topological polar surface area (TPSA) is 38.5 Å². The third kappa shape index (κ3) is 4.14. The summed E-state index contributed by atoms with van der Waals surface area (Å²) < 4.78 is 50.4. The molecule has 3 rings (SSSR count). The highest BCUT2D eigenvalue weighted by atomic mass is 19.2. The summed E-state index contributed by atoms with van der Waals surface area (Å²) in [4.78, 5) is 0. The van der Waals surface area contributed by atoms with E-state index in [0.717, 1.165) is 12.0 Å². The van der Waals surface area contributed by atoms with E-state index in [1.165, 1.54) is 13.2 Å². The molecule has 4 atom stereocenters. The van der Waals surface area contributed by atoms with Crippen molar-refractivity contribution in [3.63, 3.8) is 0 Å². The van der Waals surface area contributed by atoms with Crippen LogP contribution in [0.15, 0.2) is 36.4 Å². The Morgan fingerprint density at radius 2 is 1.86 bits per heavy atom. The Morgan fingerprint density at radius 3 is 2.48 bits per heavy atom. The standard InChI is InChI=1S/C23H29F3N2O/c1-4-14(2)17-13-18(23(29-3)21(26)20(17)25)19(24)16-11-8-12-28(27)22(16)15-9-6-5-7-10-15/h5-7,9-10,13-14,16,19,22H,4,8,11-12,27H2,1-3H3. The summed E-state index contributed by atoms with van der Waals surface area (Å²) in [5.41, 5.74) is 1.15. The van der Waals surface area contributed by atoms with Gasteiger partial charge in [0, 0.05) is 18.0 Å². The predicted molar refractivity (Wildman–Crippen MR) is 108 cm³/mol. The molecule has 3 nitrogen and oxygen atoms in total. The van der Waals surface area contributed by atoms with Crippen molar-refractivity contribution in [3.8, 4) is 5.75 Å². The van der Waals surface area contributed by atoms with E-state index in [-0.39, 0.29) is 28.8 Å². The molecule has 1 aliphatic rings. The minimum Gasteiger partial charge on any atom is -0.493 e. The molecule has 0 spiro atoms. The van der Waals surface area contributed by atoms with Gasteiger partial charge in [-0.15, -0.1) is 0 Å². The number of nitrogens with two attached hydrogens (primary N) is 1. The molecule has 0 aliphatic carbocycles. The first-order valence-corrected chi connectivity index (χ1v) is 10.2. The molecule has 6 heteroatoms. The van der Waals surface area contributed by atoms with Crippen molar-refractivity contribution < 1.29 is 17.9 Å². The molecule has 1 saturated heterocycles. The van der Waals surface area contributed by atoms with Crippen molar-refractivity contribution in [3.05, 3.63) is 64.7 Å². The third-order valence-corrected chi connectivity index (χ3v) is 6.10. The van der Waals surface area contributed by atoms with Crippen molar-refractivity contribution in [2.45, 2.75) is 51.2 Å². The van der Waals surface area contributed by atoms with E-state index >= 15 is 4.39 Å². The summed E-state index contributed by atoms with van der Waals surface area (Å²) in [6, 6.07) is 10.6. The highest BCUT2D eigenvalue weighted by Gasteiger charge is 2.39. The maximum atomic E-state index is 16.0. The average Bonchev–Trinajstić information content (AvgIpc) is 2.74.